The Bertz CT molecular complexity index is 587. The molecule has 3 saturated carbocycles. The van der Waals surface area contributed by atoms with Gasteiger partial charge in [0.2, 0.25) is 6.03 Å². The maximum Gasteiger partial charge on any atom is 4.00 e. The van der Waals surface area contributed by atoms with Crippen LogP contribution in [0.25, 0.3) is 5.41 Å². The number of nitrogens with zero attached hydrogens (tertiary/aromatic N) is 3. The molecular formula is C32H54ClN4OSn-. The molecule has 220 valence electrons. The van der Waals surface area contributed by atoms with Crippen molar-refractivity contribution in [2.24, 2.45) is 4.99 Å². The molecule has 3 aliphatic carbocycles. The molecule has 0 spiro atoms. The number of carbonyl (C=O) groups excluding carboxylic acids is 1. The summed E-state index contributed by atoms with van der Waals surface area (Å²) < 4.78 is 0. The molecular weight excluding hydrogens is 611 g/mol. The van der Waals surface area contributed by atoms with Crippen LogP contribution in [-0.4, -0.2) is 60.5 Å². The molecule has 0 atom stereocenters. The number of halogens is 1. The molecule has 1 aromatic rings. The largest absolute Gasteiger partial charge is 4.00 e. The van der Waals surface area contributed by atoms with Crippen LogP contribution in [0.1, 0.15) is 117 Å². The third-order valence-electron chi connectivity index (χ3n) is 6.47. The van der Waals surface area contributed by atoms with E-state index < -0.39 is 6.03 Å². The molecule has 1 N–H and O–H groups in total. The number of benzene rings is 1. The SMILES string of the molecule is CCN(CC)CC.[CH-]1CCCCC1.[CH-]1CCCCC1.[CH-]1CCCCC1.[Cl-].[N-]=C=NC(=O)Nc1ccccc1.[Sn+4]. The van der Waals surface area contributed by atoms with Gasteiger partial charge in [0.25, 0.3) is 0 Å². The second-order valence-electron chi connectivity index (χ2n) is 9.41. The fourth-order valence-corrected chi connectivity index (χ4v) is 4.08. The second-order valence-corrected chi connectivity index (χ2v) is 9.41. The summed E-state index contributed by atoms with van der Waals surface area (Å²) in [6, 6.07) is 9.57. The second kappa shape index (κ2) is 35.1. The van der Waals surface area contributed by atoms with Crippen molar-refractivity contribution < 1.29 is 17.2 Å². The summed E-state index contributed by atoms with van der Waals surface area (Å²) in [5, 5.41) is 10.5. The zero-order valence-corrected chi connectivity index (χ0v) is 28.6. The van der Waals surface area contributed by atoms with Gasteiger partial charge in [0, 0.05) is 5.69 Å². The number of hydrogen-bond donors (Lipinski definition) is 1. The Hall–Kier alpha value is -0.881. The van der Waals surface area contributed by atoms with Gasteiger partial charge in [-0.15, -0.1) is 6.01 Å². The van der Waals surface area contributed by atoms with Crippen molar-refractivity contribution in [3.05, 3.63) is 55.0 Å². The van der Waals surface area contributed by atoms with Crippen molar-refractivity contribution in [3.8, 4) is 0 Å². The van der Waals surface area contributed by atoms with E-state index in [1.165, 1.54) is 122 Å². The van der Waals surface area contributed by atoms with Crippen molar-refractivity contribution in [1.29, 1.82) is 0 Å². The van der Waals surface area contributed by atoms with Gasteiger partial charge in [0.15, 0.2) is 0 Å². The summed E-state index contributed by atoms with van der Waals surface area (Å²) in [7, 11) is 0. The van der Waals surface area contributed by atoms with Crippen LogP contribution >= 0.6 is 0 Å². The van der Waals surface area contributed by atoms with E-state index in [1.54, 1.807) is 24.3 Å². The first-order valence-electron chi connectivity index (χ1n) is 14.8. The number of anilines is 1. The van der Waals surface area contributed by atoms with Crippen LogP contribution in [-0.2, 0) is 0 Å². The standard InChI is InChI=1S/C8H6N3O.C6H15N.3C6H11.ClH.Sn/c9-6-10-8(12)11-7-4-2-1-3-5-7;1-4-7(5-2)6-3;3*1-2-4-6-5-3-1;;/h1-5H,(H,11,12);4-6H2,1-3H3;3*1H,2-6H2;1H;/q-1;;3*-1;;+4/p-1. The molecule has 0 aromatic heterocycles. The van der Waals surface area contributed by atoms with Crippen molar-refractivity contribution in [1.82, 2.24) is 4.90 Å². The molecule has 4 rings (SSSR count). The summed E-state index contributed by atoms with van der Waals surface area (Å²) in [6.07, 6.45) is 28.5. The van der Waals surface area contributed by atoms with Gasteiger partial charge in [-0.05, 0) is 31.8 Å². The van der Waals surface area contributed by atoms with Gasteiger partial charge in [-0.3, -0.25) is 4.79 Å². The van der Waals surface area contributed by atoms with E-state index in [9.17, 15) is 4.79 Å². The third-order valence-corrected chi connectivity index (χ3v) is 6.47. The summed E-state index contributed by atoms with van der Waals surface area (Å²) >= 11 is 0. The van der Waals surface area contributed by atoms with Crippen LogP contribution in [0, 0.1) is 19.3 Å². The molecule has 0 heterocycles. The monoisotopic (exact) mass is 665 g/mol. The Morgan fingerprint density at radius 3 is 1.33 bits per heavy atom. The first kappa shape index (κ1) is 42.6. The van der Waals surface area contributed by atoms with Crippen LogP contribution < -0.4 is 17.7 Å². The van der Waals surface area contributed by atoms with E-state index in [-0.39, 0.29) is 36.3 Å². The number of nitrogens with one attached hydrogen (secondary N) is 1. The first-order valence-corrected chi connectivity index (χ1v) is 14.8. The van der Waals surface area contributed by atoms with E-state index in [0.29, 0.717) is 5.69 Å². The van der Waals surface area contributed by atoms with Gasteiger partial charge < -0.3 is 52.3 Å². The fourth-order valence-electron chi connectivity index (χ4n) is 4.08. The third kappa shape index (κ3) is 31.5. The molecule has 3 fully saturated rings. The van der Waals surface area contributed by atoms with Crippen LogP contribution in [0.15, 0.2) is 35.3 Å². The number of rotatable bonds is 4. The topological polar surface area (TPSA) is 67.0 Å². The fraction of sp³-hybridized carbons (Fsp3) is 0.656. The van der Waals surface area contributed by atoms with Crippen LogP contribution in [0.2, 0.25) is 0 Å². The summed E-state index contributed by atoms with van der Waals surface area (Å²) in [5.41, 5.74) is 0.626. The Labute approximate surface area is 264 Å². The molecule has 0 radical (unpaired) electrons. The summed E-state index contributed by atoms with van der Waals surface area (Å²) in [4.78, 5) is 16.1. The van der Waals surface area contributed by atoms with Crippen LogP contribution in [0.5, 0.6) is 0 Å². The van der Waals surface area contributed by atoms with E-state index in [0.717, 1.165) is 0 Å². The average molecular weight is 665 g/mol. The van der Waals surface area contributed by atoms with Crippen molar-refractivity contribution in [2.75, 3.05) is 25.0 Å². The number of amides is 2. The molecule has 2 amide bonds. The van der Waals surface area contributed by atoms with Gasteiger partial charge >= 0.3 is 23.9 Å². The number of urea groups is 1. The quantitative estimate of drug-likeness (QED) is 0.230. The summed E-state index contributed by atoms with van der Waals surface area (Å²) in [6.45, 7) is 10.1. The number of para-hydroxylation sites is 1. The van der Waals surface area contributed by atoms with Crippen molar-refractivity contribution in [3.63, 3.8) is 0 Å². The minimum Gasteiger partial charge on any atom is -1.00 e. The van der Waals surface area contributed by atoms with E-state index in [4.69, 9.17) is 5.41 Å². The Morgan fingerprint density at radius 2 is 1.13 bits per heavy atom. The van der Waals surface area contributed by atoms with Gasteiger partial charge in [0.05, 0.1) is 0 Å². The number of hydrogen-bond acceptors (Lipinski definition) is 2. The smallest absolute Gasteiger partial charge is 1.00 e. The minimum atomic E-state index is -0.649. The first-order chi connectivity index (χ1) is 18.2. The zero-order valence-electron chi connectivity index (χ0n) is 25.0. The predicted molar refractivity (Wildman–Crippen MR) is 168 cm³/mol. The molecule has 3 aliphatic rings. The zero-order chi connectivity index (χ0) is 27.2. The van der Waals surface area contributed by atoms with Gasteiger partial charge in [-0.25, -0.2) is 0 Å². The normalized spacial score (nSPS) is 15.5. The van der Waals surface area contributed by atoms with Crippen molar-refractivity contribution >= 4 is 41.6 Å². The maximum atomic E-state index is 10.7. The predicted octanol–water partition coefficient (Wildman–Crippen LogP) is 6.40. The summed E-state index contributed by atoms with van der Waals surface area (Å²) in [5.74, 6) is 0. The number of carbonyl (C=O) groups is 1. The Morgan fingerprint density at radius 1 is 0.769 bits per heavy atom. The minimum absolute atomic E-state index is 0. The molecule has 0 aliphatic heterocycles. The van der Waals surface area contributed by atoms with E-state index in [1.807, 2.05) is 6.07 Å². The molecule has 0 saturated heterocycles. The van der Waals surface area contributed by atoms with Crippen LogP contribution in [0.4, 0.5) is 10.5 Å². The van der Waals surface area contributed by atoms with E-state index >= 15 is 0 Å². The molecule has 0 unspecified atom stereocenters. The van der Waals surface area contributed by atoms with Crippen LogP contribution in [0.3, 0.4) is 0 Å². The Balaban J connectivity index is -0.000000424. The average Bonchev–Trinajstić information content (AvgIpc) is 2.99. The Kier molecular flexibility index (Phi) is 38.4. The molecule has 39 heavy (non-hydrogen) atoms. The van der Waals surface area contributed by atoms with Gasteiger partial charge in [0.1, 0.15) is 0 Å². The van der Waals surface area contributed by atoms with Gasteiger partial charge in [-0.1, -0.05) is 96.8 Å². The molecule has 0 bridgehead atoms. The van der Waals surface area contributed by atoms with E-state index in [2.05, 4.69) is 55.2 Å². The molecule has 7 heteroatoms. The maximum absolute atomic E-state index is 10.7. The molecule has 5 nitrogen and oxygen atoms in total. The number of aliphatic imine (C=N–C) groups is 1. The van der Waals surface area contributed by atoms with Crippen molar-refractivity contribution in [2.45, 2.75) is 117 Å². The van der Waals surface area contributed by atoms with Gasteiger partial charge in [-0.2, -0.15) is 38.5 Å². The molecule has 1 aromatic carbocycles.